The first-order valence-electron chi connectivity index (χ1n) is 6.01. The minimum absolute atomic E-state index is 0.148. The first kappa shape index (κ1) is 14.0. The molecule has 2 aliphatic rings. The van der Waals surface area contributed by atoms with Crippen molar-refractivity contribution < 1.29 is 19.2 Å². The molecule has 2 rings (SSSR count). The quantitative estimate of drug-likeness (QED) is 0.331. The van der Waals surface area contributed by atoms with Crippen molar-refractivity contribution in [3.8, 4) is 0 Å². The summed E-state index contributed by atoms with van der Waals surface area (Å²) < 4.78 is 4.43. The highest BCUT2D eigenvalue weighted by Crippen LogP contribution is 2.34. The maximum absolute atomic E-state index is 12.3. The summed E-state index contributed by atoms with van der Waals surface area (Å²) >= 11 is 0. The molecule has 0 bridgehead atoms. The van der Waals surface area contributed by atoms with Crippen LogP contribution in [0.2, 0.25) is 0 Å². The minimum Gasteiger partial charge on any atom is -0.466 e. The number of carbonyl (C=O) groups excluding carboxylic acids is 2. The Morgan fingerprint density at radius 2 is 2.20 bits per heavy atom. The molecule has 0 aromatic carbocycles. The zero-order valence-corrected chi connectivity index (χ0v) is 11.4. The monoisotopic (exact) mass is 281 g/mol. The molecule has 2 heterocycles. The van der Waals surface area contributed by atoms with Gasteiger partial charge in [-0.2, -0.15) is 0 Å². The molecule has 0 spiro atoms. The Labute approximate surface area is 115 Å². The Morgan fingerprint density at radius 1 is 1.55 bits per heavy atom. The second-order valence-electron chi connectivity index (χ2n) is 5.44. The van der Waals surface area contributed by atoms with Gasteiger partial charge in [0.05, 0.1) is 12.0 Å². The van der Waals surface area contributed by atoms with Crippen LogP contribution in [0.1, 0.15) is 13.8 Å². The Balaban J connectivity index is 2.49. The van der Waals surface area contributed by atoms with Gasteiger partial charge in [-0.25, -0.2) is 4.79 Å². The van der Waals surface area contributed by atoms with E-state index in [1.807, 2.05) is 13.8 Å². The molecule has 0 aliphatic carbocycles. The zero-order chi connectivity index (χ0) is 15.1. The van der Waals surface area contributed by atoms with Gasteiger partial charge in [0, 0.05) is 24.6 Å². The number of ether oxygens (including phenoxy) is 1. The number of hydrogen-bond donors (Lipinski definition) is 1. The molecule has 0 unspecified atom stereocenters. The highest BCUT2D eigenvalue weighted by Gasteiger charge is 2.47. The molecule has 8 nitrogen and oxygen atoms in total. The Kier molecular flexibility index (Phi) is 3.24. The van der Waals surface area contributed by atoms with E-state index in [0.717, 1.165) is 13.2 Å². The zero-order valence-electron chi connectivity index (χ0n) is 11.4. The van der Waals surface area contributed by atoms with Crippen LogP contribution in [-0.4, -0.2) is 41.9 Å². The van der Waals surface area contributed by atoms with Gasteiger partial charge in [-0.3, -0.25) is 19.8 Å². The van der Waals surface area contributed by atoms with Crippen molar-refractivity contribution in [3.05, 3.63) is 33.3 Å². The first-order valence-corrected chi connectivity index (χ1v) is 6.01. The van der Waals surface area contributed by atoms with E-state index in [1.165, 1.54) is 4.90 Å². The van der Waals surface area contributed by atoms with Gasteiger partial charge in [0.2, 0.25) is 0 Å². The van der Waals surface area contributed by atoms with Gasteiger partial charge < -0.3 is 10.1 Å². The molecule has 8 heteroatoms. The van der Waals surface area contributed by atoms with E-state index in [1.54, 1.807) is 0 Å². The number of rotatable bonds is 2. The van der Waals surface area contributed by atoms with E-state index in [2.05, 4.69) is 10.1 Å². The highest BCUT2D eigenvalue weighted by atomic mass is 16.6. The fourth-order valence-electron chi connectivity index (χ4n) is 2.23. The number of carbonyl (C=O) groups is 2. The predicted molar refractivity (Wildman–Crippen MR) is 67.6 cm³/mol. The van der Waals surface area contributed by atoms with E-state index in [4.69, 9.17) is 0 Å². The highest BCUT2D eigenvalue weighted by molar-refractivity contribution is 6.06. The summed E-state index contributed by atoms with van der Waals surface area (Å²) in [5.41, 5.74) is -0.834. The van der Waals surface area contributed by atoms with Crippen molar-refractivity contribution in [2.24, 2.45) is 5.41 Å². The summed E-state index contributed by atoms with van der Waals surface area (Å²) in [7, 11) is 1.15. The summed E-state index contributed by atoms with van der Waals surface area (Å²) in [6, 6.07) is 0. The number of nitrogens with one attached hydrogen (secondary N) is 1. The van der Waals surface area contributed by atoms with Crippen LogP contribution in [0.3, 0.4) is 0 Å². The van der Waals surface area contributed by atoms with Crippen LogP contribution in [-0.2, 0) is 14.3 Å². The molecule has 0 atom stereocenters. The Hall–Kier alpha value is -2.38. The van der Waals surface area contributed by atoms with E-state index in [-0.39, 0.29) is 22.5 Å². The van der Waals surface area contributed by atoms with Crippen molar-refractivity contribution in [1.29, 1.82) is 0 Å². The number of nitro groups is 1. The number of methoxy groups -OCH3 is 1. The smallest absolute Gasteiger partial charge is 0.331 e. The third kappa shape index (κ3) is 2.24. The molecule has 2 aliphatic heterocycles. The average molecular weight is 281 g/mol. The van der Waals surface area contributed by atoms with Crippen LogP contribution in [0.25, 0.3) is 0 Å². The molecule has 1 fully saturated rings. The second-order valence-corrected chi connectivity index (χ2v) is 5.44. The van der Waals surface area contributed by atoms with Gasteiger partial charge in [0.15, 0.2) is 5.82 Å². The lowest BCUT2D eigenvalue weighted by Gasteiger charge is -2.37. The number of esters is 1. The normalized spacial score (nSPS) is 22.6. The van der Waals surface area contributed by atoms with E-state index in [0.29, 0.717) is 13.1 Å². The third-order valence-corrected chi connectivity index (χ3v) is 3.19. The van der Waals surface area contributed by atoms with E-state index < -0.39 is 16.8 Å². The number of amides is 1. The summed E-state index contributed by atoms with van der Waals surface area (Å²) in [5, 5.41) is 14.1. The van der Waals surface area contributed by atoms with Crippen molar-refractivity contribution in [2.75, 3.05) is 20.2 Å². The van der Waals surface area contributed by atoms with Crippen LogP contribution >= 0.6 is 0 Å². The maximum Gasteiger partial charge on any atom is 0.331 e. The lowest BCUT2D eigenvalue weighted by atomic mass is 9.91. The molecular weight excluding hydrogens is 266 g/mol. The van der Waals surface area contributed by atoms with Gasteiger partial charge in [-0.15, -0.1) is 0 Å². The van der Waals surface area contributed by atoms with Gasteiger partial charge >= 0.3 is 11.7 Å². The van der Waals surface area contributed by atoms with Crippen molar-refractivity contribution in [1.82, 2.24) is 10.2 Å². The number of fused-ring (bicyclic) bond motifs is 1. The van der Waals surface area contributed by atoms with Crippen LogP contribution in [0, 0.1) is 15.5 Å². The van der Waals surface area contributed by atoms with Crippen LogP contribution < -0.4 is 5.32 Å². The first-order chi connectivity index (χ1) is 9.26. The SMILES string of the molecule is COC(=O)/C=C1/C(=O)N2CC(C)(C)CNC2=C1[N+](=O)[O-]. The predicted octanol–water partition coefficient (Wildman–Crippen LogP) is 0.00320. The number of hydrogen-bond acceptors (Lipinski definition) is 6. The average Bonchev–Trinajstić information content (AvgIpc) is 2.62. The minimum atomic E-state index is -0.799. The van der Waals surface area contributed by atoms with Crippen molar-refractivity contribution in [3.63, 3.8) is 0 Å². The molecule has 20 heavy (non-hydrogen) atoms. The topological polar surface area (TPSA) is 102 Å². The fraction of sp³-hybridized carbons (Fsp3) is 0.500. The summed E-state index contributed by atoms with van der Waals surface area (Å²) in [6.07, 6.45) is 0.862. The van der Waals surface area contributed by atoms with Crippen LogP contribution in [0.4, 0.5) is 0 Å². The van der Waals surface area contributed by atoms with Gasteiger partial charge in [-0.1, -0.05) is 13.8 Å². The van der Waals surface area contributed by atoms with Crippen LogP contribution in [0.5, 0.6) is 0 Å². The van der Waals surface area contributed by atoms with Crippen molar-refractivity contribution >= 4 is 11.9 Å². The van der Waals surface area contributed by atoms with Gasteiger partial charge in [0.25, 0.3) is 5.91 Å². The van der Waals surface area contributed by atoms with Gasteiger partial charge in [0.1, 0.15) is 5.57 Å². The third-order valence-electron chi connectivity index (χ3n) is 3.19. The molecule has 0 aromatic rings. The molecule has 1 saturated heterocycles. The van der Waals surface area contributed by atoms with Gasteiger partial charge in [-0.05, 0) is 0 Å². The van der Waals surface area contributed by atoms with Crippen LogP contribution in [0.15, 0.2) is 23.2 Å². The number of nitrogens with zero attached hydrogens (tertiary/aromatic N) is 2. The maximum atomic E-state index is 12.3. The second kappa shape index (κ2) is 4.62. The largest absolute Gasteiger partial charge is 0.466 e. The standard InChI is InChI=1S/C12H15N3O5/c1-12(2)5-13-10-9(15(18)19)7(4-8(16)20-3)11(17)14(10)6-12/h4,13H,5-6H2,1-3H3/b7-4+. The summed E-state index contributed by atoms with van der Waals surface area (Å²) in [4.78, 5) is 35.4. The molecule has 0 radical (unpaired) electrons. The molecular formula is C12H15N3O5. The van der Waals surface area contributed by atoms with E-state index in [9.17, 15) is 19.7 Å². The van der Waals surface area contributed by atoms with Crippen molar-refractivity contribution in [2.45, 2.75) is 13.8 Å². The summed E-state index contributed by atoms with van der Waals surface area (Å²) in [5.74, 6) is -1.21. The lowest BCUT2D eigenvalue weighted by Crippen LogP contribution is -2.49. The Morgan fingerprint density at radius 3 is 2.75 bits per heavy atom. The molecule has 0 saturated carbocycles. The Bertz CT molecular complexity index is 561. The summed E-state index contributed by atoms with van der Waals surface area (Å²) in [6.45, 7) is 4.74. The molecule has 108 valence electrons. The lowest BCUT2D eigenvalue weighted by molar-refractivity contribution is -0.421. The van der Waals surface area contributed by atoms with E-state index >= 15 is 0 Å². The molecule has 1 N–H and O–H groups in total. The molecule has 0 aromatic heterocycles. The fourth-order valence-corrected chi connectivity index (χ4v) is 2.23. The molecule has 1 amide bonds.